The fourth-order valence-corrected chi connectivity index (χ4v) is 4.07. The molecule has 0 unspecified atom stereocenters. The van der Waals surface area contributed by atoms with Crippen molar-refractivity contribution in [2.45, 2.75) is 23.2 Å². The number of anilines is 2. The summed E-state index contributed by atoms with van der Waals surface area (Å²) in [4.78, 5) is 22.5. The number of pyridine rings is 2. The molecule has 1 saturated heterocycles. The van der Waals surface area contributed by atoms with Gasteiger partial charge in [0.05, 0.1) is 16.7 Å². The molecule has 1 aliphatic heterocycles. The lowest BCUT2D eigenvalue weighted by Gasteiger charge is -2.20. The number of nitrogens with zero attached hydrogens (tertiary/aromatic N) is 3. The molecule has 1 fully saturated rings. The fourth-order valence-electron chi connectivity index (χ4n) is 3.52. The van der Waals surface area contributed by atoms with Gasteiger partial charge in [0.2, 0.25) is 0 Å². The summed E-state index contributed by atoms with van der Waals surface area (Å²) in [5.74, 6) is -1.70. The van der Waals surface area contributed by atoms with Crippen LogP contribution >= 0.6 is 11.8 Å². The van der Waals surface area contributed by atoms with Gasteiger partial charge < -0.3 is 10.2 Å². The van der Waals surface area contributed by atoms with Crippen LogP contribution in [0.15, 0.2) is 53.8 Å². The number of hydrogen-bond acceptors (Lipinski definition) is 5. The average molecular weight is 480 g/mol. The molecule has 0 bridgehead atoms. The third-order valence-electron chi connectivity index (χ3n) is 4.97. The zero-order valence-electron chi connectivity index (χ0n) is 17.0. The zero-order valence-corrected chi connectivity index (χ0v) is 17.8. The normalized spacial score (nSPS) is 13.9. The summed E-state index contributed by atoms with van der Waals surface area (Å²) in [6.45, 7) is 1.55. The average Bonchev–Trinajstić information content (AvgIpc) is 3.29. The van der Waals surface area contributed by atoms with Crippen molar-refractivity contribution in [3.63, 3.8) is 0 Å². The van der Waals surface area contributed by atoms with Crippen molar-refractivity contribution in [2.75, 3.05) is 23.3 Å². The third-order valence-corrected chi connectivity index (χ3v) is 5.75. The van der Waals surface area contributed by atoms with Crippen LogP contribution in [0.1, 0.15) is 23.2 Å². The number of hydrogen-bond donors (Lipinski definition) is 1. The number of carbonyl (C=O) groups is 1. The lowest BCUT2D eigenvalue weighted by atomic mass is 10.1. The van der Waals surface area contributed by atoms with Crippen LogP contribution < -0.4 is 10.2 Å². The van der Waals surface area contributed by atoms with Gasteiger partial charge in [-0.05, 0) is 54.9 Å². The van der Waals surface area contributed by atoms with Crippen LogP contribution in [0.3, 0.4) is 0 Å². The highest BCUT2D eigenvalue weighted by atomic mass is 32.2. The number of halogens is 5. The van der Waals surface area contributed by atoms with Gasteiger partial charge in [0.15, 0.2) is 0 Å². The Labute approximate surface area is 190 Å². The Morgan fingerprint density at radius 2 is 1.79 bits per heavy atom. The Hall–Kier alpha value is -3.21. The molecule has 3 aromatic rings. The van der Waals surface area contributed by atoms with Crippen molar-refractivity contribution in [1.82, 2.24) is 9.97 Å². The minimum atomic E-state index is -4.63. The van der Waals surface area contributed by atoms with Crippen molar-refractivity contribution in [2.24, 2.45) is 0 Å². The largest absolute Gasteiger partial charge is 0.446 e. The molecule has 4 rings (SSSR count). The molecular weight excluding hydrogens is 463 g/mol. The lowest BCUT2D eigenvalue weighted by molar-refractivity contribution is -0.0329. The molecule has 3 heterocycles. The molecule has 2 aromatic heterocycles. The number of aromatic nitrogens is 2. The first kappa shape index (κ1) is 23.0. The second-order valence-electron chi connectivity index (χ2n) is 7.33. The highest BCUT2D eigenvalue weighted by Crippen LogP contribution is 2.38. The van der Waals surface area contributed by atoms with Gasteiger partial charge in [-0.25, -0.2) is 13.8 Å². The van der Waals surface area contributed by atoms with Gasteiger partial charge >= 0.3 is 5.51 Å². The number of alkyl halides is 3. The number of nitrogens with one attached hydrogen (secondary N) is 1. The SMILES string of the molecule is O=C(Nc1ccc(SC(F)(F)F)c(F)c1)c1cnc(N2CCCC2)c(-c2cncc(F)c2)c1. The molecular formula is C22H17F5N4OS. The second-order valence-corrected chi connectivity index (χ2v) is 8.44. The first-order valence-corrected chi connectivity index (χ1v) is 10.7. The molecule has 172 valence electrons. The summed E-state index contributed by atoms with van der Waals surface area (Å²) in [5, 5.41) is 2.46. The molecule has 1 aliphatic rings. The Morgan fingerprint density at radius 1 is 1.03 bits per heavy atom. The van der Waals surface area contributed by atoms with Crippen molar-refractivity contribution < 1.29 is 26.7 Å². The molecule has 33 heavy (non-hydrogen) atoms. The molecule has 5 nitrogen and oxygen atoms in total. The van der Waals surface area contributed by atoms with E-state index >= 15 is 0 Å². The summed E-state index contributed by atoms with van der Waals surface area (Å²) >= 11 is -0.573. The highest BCUT2D eigenvalue weighted by molar-refractivity contribution is 8.00. The van der Waals surface area contributed by atoms with E-state index in [2.05, 4.69) is 15.3 Å². The maximum atomic E-state index is 14.0. The maximum absolute atomic E-state index is 14.0. The van der Waals surface area contributed by atoms with Crippen molar-refractivity contribution in [3.05, 3.63) is 66.1 Å². The number of thioether (sulfide) groups is 1. The number of benzene rings is 1. The van der Waals surface area contributed by atoms with Crippen LogP contribution in [0.25, 0.3) is 11.1 Å². The smallest absolute Gasteiger partial charge is 0.356 e. The predicted octanol–water partition coefficient (Wildman–Crippen LogP) is 5.89. The van der Waals surface area contributed by atoms with E-state index in [-0.39, 0.29) is 11.3 Å². The monoisotopic (exact) mass is 480 g/mol. The Kier molecular flexibility index (Phi) is 6.50. The van der Waals surface area contributed by atoms with Crippen molar-refractivity contribution in [1.29, 1.82) is 0 Å². The van der Waals surface area contributed by atoms with Gasteiger partial charge in [0, 0.05) is 42.3 Å². The summed E-state index contributed by atoms with van der Waals surface area (Å²) in [5.41, 5.74) is -3.57. The summed E-state index contributed by atoms with van der Waals surface area (Å²) in [6.07, 6.45) is 5.85. The maximum Gasteiger partial charge on any atom is 0.446 e. The van der Waals surface area contributed by atoms with Gasteiger partial charge in [-0.15, -0.1) is 0 Å². The number of rotatable bonds is 5. The molecule has 1 aromatic carbocycles. The summed E-state index contributed by atoms with van der Waals surface area (Å²) in [6, 6.07) is 5.77. The van der Waals surface area contributed by atoms with E-state index in [9.17, 15) is 26.7 Å². The minimum Gasteiger partial charge on any atom is -0.356 e. The fraction of sp³-hybridized carbons (Fsp3) is 0.227. The standard InChI is InChI=1S/C22H17F5N4OS/c23-15-7-13(10-28-12-15)17-8-14(11-29-20(17)31-5-1-2-6-31)21(32)30-16-3-4-19(18(24)9-16)33-22(25,26)27/h3-4,7-12H,1-2,5-6H2,(H,30,32). The molecule has 0 radical (unpaired) electrons. The van der Waals surface area contributed by atoms with E-state index < -0.39 is 39.7 Å². The molecule has 1 amide bonds. The number of amides is 1. The van der Waals surface area contributed by atoms with Crippen LogP contribution in [0.5, 0.6) is 0 Å². The summed E-state index contributed by atoms with van der Waals surface area (Å²) < 4.78 is 65.3. The third kappa shape index (κ3) is 5.59. The van der Waals surface area contributed by atoms with Crippen molar-refractivity contribution >= 4 is 29.2 Å². The lowest BCUT2D eigenvalue weighted by Crippen LogP contribution is -2.21. The van der Waals surface area contributed by atoms with E-state index in [0.29, 0.717) is 16.9 Å². The van der Waals surface area contributed by atoms with Crippen LogP contribution in [-0.4, -0.2) is 34.5 Å². The van der Waals surface area contributed by atoms with Gasteiger partial charge in [-0.3, -0.25) is 9.78 Å². The van der Waals surface area contributed by atoms with E-state index in [1.54, 1.807) is 0 Å². The van der Waals surface area contributed by atoms with Crippen LogP contribution in [0.4, 0.5) is 33.5 Å². The van der Waals surface area contributed by atoms with E-state index in [1.807, 2.05) is 4.90 Å². The van der Waals surface area contributed by atoms with Gasteiger partial charge in [-0.2, -0.15) is 13.2 Å². The highest BCUT2D eigenvalue weighted by Gasteiger charge is 2.30. The molecule has 0 aliphatic carbocycles. The molecule has 0 saturated carbocycles. The molecule has 0 spiro atoms. The van der Waals surface area contributed by atoms with E-state index in [0.717, 1.165) is 44.3 Å². The predicted molar refractivity (Wildman–Crippen MR) is 115 cm³/mol. The van der Waals surface area contributed by atoms with Crippen LogP contribution in [0.2, 0.25) is 0 Å². The van der Waals surface area contributed by atoms with Gasteiger partial charge in [-0.1, -0.05) is 0 Å². The second kappa shape index (κ2) is 9.34. The Bertz CT molecular complexity index is 1180. The Morgan fingerprint density at radius 3 is 2.45 bits per heavy atom. The summed E-state index contributed by atoms with van der Waals surface area (Å²) in [7, 11) is 0. The van der Waals surface area contributed by atoms with Gasteiger partial charge in [0.25, 0.3) is 5.91 Å². The van der Waals surface area contributed by atoms with Crippen molar-refractivity contribution in [3.8, 4) is 11.1 Å². The Balaban J connectivity index is 1.62. The molecule has 1 N–H and O–H groups in total. The molecule has 11 heteroatoms. The van der Waals surface area contributed by atoms with Crippen LogP contribution in [0, 0.1) is 11.6 Å². The van der Waals surface area contributed by atoms with E-state index in [4.69, 9.17) is 0 Å². The van der Waals surface area contributed by atoms with Gasteiger partial charge in [0.1, 0.15) is 17.5 Å². The number of carbonyl (C=O) groups excluding carboxylic acids is 1. The quantitative estimate of drug-likeness (QED) is 0.365. The van der Waals surface area contributed by atoms with Crippen LogP contribution in [-0.2, 0) is 0 Å². The minimum absolute atomic E-state index is 0.0124. The zero-order chi connectivity index (χ0) is 23.6. The topological polar surface area (TPSA) is 58.1 Å². The molecule has 0 atom stereocenters. The van der Waals surface area contributed by atoms with E-state index in [1.165, 1.54) is 30.6 Å². The first-order chi connectivity index (χ1) is 15.7. The first-order valence-electron chi connectivity index (χ1n) is 9.92.